The van der Waals surface area contributed by atoms with E-state index in [4.69, 9.17) is 19.3 Å². The third-order valence-corrected chi connectivity index (χ3v) is 5.52. The molecule has 0 fully saturated rings. The molecule has 33 heavy (non-hydrogen) atoms. The van der Waals surface area contributed by atoms with Crippen molar-refractivity contribution >= 4 is 19.8 Å². The van der Waals surface area contributed by atoms with Gasteiger partial charge in [0.05, 0.1) is 6.61 Å². The lowest BCUT2D eigenvalue weighted by Crippen LogP contribution is -2.29. The van der Waals surface area contributed by atoms with Gasteiger partial charge in [-0.05, 0) is 32.1 Å². The summed E-state index contributed by atoms with van der Waals surface area (Å²) in [4.78, 5) is 41.7. The fourth-order valence-electron chi connectivity index (χ4n) is 3.11. The second-order valence-electron chi connectivity index (χ2n) is 8.31. The number of hydrogen-bond donors (Lipinski definition) is 2. The van der Waals surface area contributed by atoms with Crippen LogP contribution in [0.1, 0.15) is 110 Å². The minimum absolute atomic E-state index is 0.203. The predicted octanol–water partition coefficient (Wildman–Crippen LogP) is 6.00. The third-order valence-electron chi connectivity index (χ3n) is 5.03. The lowest BCUT2D eigenvalue weighted by Gasteiger charge is -2.18. The summed E-state index contributed by atoms with van der Waals surface area (Å²) in [7, 11) is -4.72. The maximum absolute atomic E-state index is 12.1. The smallest absolute Gasteiger partial charge is 0.462 e. The third kappa shape index (κ3) is 23.7. The van der Waals surface area contributed by atoms with Crippen LogP contribution in [0.5, 0.6) is 0 Å². The van der Waals surface area contributed by atoms with E-state index in [0.717, 1.165) is 57.8 Å². The molecule has 0 aromatic rings. The summed E-state index contributed by atoms with van der Waals surface area (Å²) in [6, 6.07) is 0. The minimum Gasteiger partial charge on any atom is -0.462 e. The van der Waals surface area contributed by atoms with Crippen LogP contribution in [0.2, 0.25) is 0 Å². The molecule has 0 aromatic carbocycles. The molecule has 0 aliphatic rings. The summed E-state index contributed by atoms with van der Waals surface area (Å²) >= 11 is 0. The summed E-state index contributed by atoms with van der Waals surface area (Å²) in [5.74, 6) is -0.921. The molecule has 0 heterocycles. The lowest BCUT2D eigenvalue weighted by molar-refractivity contribution is -0.161. The summed E-state index contributed by atoms with van der Waals surface area (Å²) in [6.45, 7) is 3.44. The highest BCUT2D eigenvalue weighted by molar-refractivity contribution is 7.46. The summed E-state index contributed by atoms with van der Waals surface area (Å²) in [5, 5.41) is 0. The van der Waals surface area contributed by atoms with E-state index in [9.17, 15) is 14.2 Å². The van der Waals surface area contributed by atoms with Crippen molar-refractivity contribution in [3.8, 4) is 0 Å². The maximum atomic E-state index is 12.1. The van der Waals surface area contributed by atoms with Gasteiger partial charge in [0.2, 0.25) is 0 Å². The van der Waals surface area contributed by atoms with Crippen molar-refractivity contribution in [1.82, 2.24) is 0 Å². The molecule has 9 heteroatoms. The van der Waals surface area contributed by atoms with Crippen LogP contribution in [0.3, 0.4) is 0 Å². The van der Waals surface area contributed by atoms with E-state index >= 15 is 0 Å². The number of allylic oxidation sites excluding steroid dienone is 2. The Labute approximate surface area is 199 Å². The molecule has 8 nitrogen and oxygen atoms in total. The number of carbonyl (C=O) groups is 2. The van der Waals surface area contributed by atoms with Crippen molar-refractivity contribution < 1.29 is 37.9 Å². The van der Waals surface area contributed by atoms with E-state index in [1.54, 1.807) is 0 Å². The Kier molecular flexibility index (Phi) is 20.5. The molecular weight excluding hydrogens is 447 g/mol. The Hall–Kier alpha value is -1.21. The van der Waals surface area contributed by atoms with Crippen molar-refractivity contribution in [1.29, 1.82) is 0 Å². The number of esters is 2. The molecule has 1 unspecified atom stereocenters. The van der Waals surface area contributed by atoms with E-state index in [1.807, 2.05) is 0 Å². The van der Waals surface area contributed by atoms with E-state index in [2.05, 4.69) is 30.5 Å². The van der Waals surface area contributed by atoms with Crippen molar-refractivity contribution in [2.24, 2.45) is 0 Å². The monoisotopic (exact) mass is 492 g/mol. The zero-order valence-electron chi connectivity index (χ0n) is 20.5. The first kappa shape index (κ1) is 31.8. The average Bonchev–Trinajstić information content (AvgIpc) is 2.76. The second kappa shape index (κ2) is 21.3. The number of phosphoric ester groups is 1. The van der Waals surface area contributed by atoms with Crippen LogP contribution in [-0.4, -0.2) is 41.0 Å². The van der Waals surface area contributed by atoms with E-state index in [0.29, 0.717) is 12.8 Å². The Morgan fingerprint density at radius 1 is 0.758 bits per heavy atom. The van der Waals surface area contributed by atoms with E-state index in [1.165, 1.54) is 12.8 Å². The molecule has 0 aliphatic carbocycles. The van der Waals surface area contributed by atoms with Gasteiger partial charge in [-0.25, -0.2) is 4.57 Å². The van der Waals surface area contributed by atoms with Gasteiger partial charge in [-0.2, -0.15) is 0 Å². The lowest BCUT2D eigenvalue weighted by atomic mass is 10.1. The van der Waals surface area contributed by atoms with Gasteiger partial charge in [-0.3, -0.25) is 14.1 Å². The van der Waals surface area contributed by atoms with Gasteiger partial charge in [-0.1, -0.05) is 77.4 Å². The Morgan fingerprint density at radius 2 is 1.30 bits per heavy atom. The number of carbonyl (C=O) groups excluding carboxylic acids is 2. The molecule has 0 radical (unpaired) electrons. The summed E-state index contributed by atoms with van der Waals surface area (Å²) < 4.78 is 25.8. The van der Waals surface area contributed by atoms with Gasteiger partial charge < -0.3 is 19.3 Å². The zero-order valence-corrected chi connectivity index (χ0v) is 21.4. The van der Waals surface area contributed by atoms with Crippen LogP contribution >= 0.6 is 7.82 Å². The van der Waals surface area contributed by atoms with Crippen molar-refractivity contribution in [3.63, 3.8) is 0 Å². The molecule has 194 valence electrons. The zero-order chi connectivity index (χ0) is 24.8. The minimum atomic E-state index is -4.72. The summed E-state index contributed by atoms with van der Waals surface area (Å²) in [5.41, 5.74) is 0. The first-order valence-electron chi connectivity index (χ1n) is 12.5. The molecule has 0 spiro atoms. The van der Waals surface area contributed by atoms with Crippen molar-refractivity contribution in [3.05, 3.63) is 12.2 Å². The number of unbranched alkanes of at least 4 members (excludes halogenated alkanes) is 10. The molecule has 0 aromatic heterocycles. The summed E-state index contributed by atoms with van der Waals surface area (Å²) in [6.07, 6.45) is 17.2. The first-order valence-corrected chi connectivity index (χ1v) is 14.0. The van der Waals surface area contributed by atoms with Gasteiger partial charge in [0.1, 0.15) is 6.61 Å². The Balaban J connectivity index is 4.11. The SMILES string of the molecule is CCCC/C=C\CCCCCCCC(=O)OC(COC(=O)CCCCCC)COP(=O)(O)O. The first-order chi connectivity index (χ1) is 15.8. The molecule has 1 atom stereocenters. The van der Waals surface area contributed by atoms with Gasteiger partial charge >= 0.3 is 19.8 Å². The highest BCUT2D eigenvalue weighted by Gasteiger charge is 2.22. The quantitative estimate of drug-likeness (QED) is 0.0817. The molecular formula is C24H45O8P. The predicted molar refractivity (Wildman–Crippen MR) is 129 cm³/mol. The molecule has 0 amide bonds. The molecule has 2 N–H and O–H groups in total. The van der Waals surface area contributed by atoms with Gasteiger partial charge in [0, 0.05) is 12.8 Å². The largest absolute Gasteiger partial charge is 0.469 e. The van der Waals surface area contributed by atoms with Crippen LogP contribution in [0.25, 0.3) is 0 Å². The molecule has 0 aliphatic heterocycles. The van der Waals surface area contributed by atoms with Crippen LogP contribution in [0.15, 0.2) is 12.2 Å². The fourth-order valence-corrected chi connectivity index (χ4v) is 3.48. The Morgan fingerprint density at radius 3 is 1.94 bits per heavy atom. The van der Waals surface area contributed by atoms with Crippen LogP contribution in [-0.2, 0) is 28.2 Å². The number of hydrogen-bond acceptors (Lipinski definition) is 6. The maximum Gasteiger partial charge on any atom is 0.469 e. The standard InChI is InChI=1S/C24H45O8P/c1-3-5-7-9-10-11-12-13-14-15-17-19-24(26)32-22(21-31-33(27,28)29)20-30-23(25)18-16-8-6-4-2/h9-10,22H,3-8,11-21H2,1-2H3,(H2,27,28,29)/b10-9-. The van der Waals surface area contributed by atoms with Crippen LogP contribution in [0.4, 0.5) is 0 Å². The highest BCUT2D eigenvalue weighted by Crippen LogP contribution is 2.35. The normalized spacial score (nSPS) is 12.7. The number of phosphoric acid groups is 1. The van der Waals surface area contributed by atoms with Crippen molar-refractivity contribution in [2.75, 3.05) is 13.2 Å². The van der Waals surface area contributed by atoms with E-state index in [-0.39, 0.29) is 19.4 Å². The van der Waals surface area contributed by atoms with Gasteiger partial charge in [0.25, 0.3) is 0 Å². The molecule has 0 bridgehead atoms. The number of ether oxygens (including phenoxy) is 2. The highest BCUT2D eigenvalue weighted by atomic mass is 31.2. The van der Waals surface area contributed by atoms with Crippen molar-refractivity contribution in [2.45, 2.75) is 116 Å². The molecule has 0 saturated carbocycles. The Bertz CT molecular complexity index is 573. The van der Waals surface area contributed by atoms with Gasteiger partial charge in [-0.15, -0.1) is 0 Å². The topological polar surface area (TPSA) is 119 Å². The average molecular weight is 493 g/mol. The second-order valence-corrected chi connectivity index (χ2v) is 9.55. The molecule has 0 rings (SSSR count). The van der Waals surface area contributed by atoms with Crippen LogP contribution in [0, 0.1) is 0 Å². The van der Waals surface area contributed by atoms with E-state index < -0.39 is 32.5 Å². The van der Waals surface area contributed by atoms with Gasteiger partial charge in [0.15, 0.2) is 6.10 Å². The molecule has 0 saturated heterocycles. The fraction of sp³-hybridized carbons (Fsp3) is 0.833. The van der Waals surface area contributed by atoms with Crippen LogP contribution < -0.4 is 0 Å². The number of rotatable bonds is 22.